The first-order chi connectivity index (χ1) is 11.5. The van der Waals surface area contributed by atoms with Crippen LogP contribution in [0.4, 0.5) is 0 Å². The van der Waals surface area contributed by atoms with Crippen molar-refractivity contribution < 1.29 is 8.42 Å². The van der Waals surface area contributed by atoms with Crippen LogP contribution in [0, 0.1) is 0 Å². The Labute approximate surface area is 144 Å². The molecule has 5 nitrogen and oxygen atoms in total. The van der Waals surface area contributed by atoms with E-state index in [-0.39, 0.29) is 10.8 Å². The van der Waals surface area contributed by atoms with E-state index in [1.165, 1.54) is 0 Å². The molecule has 0 saturated heterocycles. The summed E-state index contributed by atoms with van der Waals surface area (Å²) in [6.45, 7) is 2.53. The Kier molecular flexibility index (Phi) is 3.62. The summed E-state index contributed by atoms with van der Waals surface area (Å²) in [5.74, 6) is 0.533. The van der Waals surface area contributed by atoms with Crippen molar-refractivity contribution in [1.29, 1.82) is 0 Å². The summed E-state index contributed by atoms with van der Waals surface area (Å²) < 4.78 is 27.9. The van der Waals surface area contributed by atoms with E-state index in [0.29, 0.717) is 17.9 Å². The largest absolute Gasteiger partial charge is 0.267 e. The molecule has 24 heavy (non-hydrogen) atoms. The van der Waals surface area contributed by atoms with Crippen LogP contribution in [0.25, 0.3) is 10.2 Å². The molecule has 1 unspecified atom stereocenters. The predicted octanol–water partition coefficient (Wildman–Crippen LogP) is 3.14. The van der Waals surface area contributed by atoms with Crippen LogP contribution in [-0.2, 0) is 10.0 Å². The van der Waals surface area contributed by atoms with Gasteiger partial charge < -0.3 is 0 Å². The van der Waals surface area contributed by atoms with Crippen molar-refractivity contribution in [3.63, 3.8) is 0 Å². The molecule has 2 aromatic carbocycles. The Bertz CT molecular complexity index is 1020. The van der Waals surface area contributed by atoms with Gasteiger partial charge in [-0.3, -0.25) is 9.71 Å². The smallest absolute Gasteiger partial charge is 0.263 e. The van der Waals surface area contributed by atoms with Gasteiger partial charge in [-0.15, -0.1) is 11.3 Å². The maximum atomic E-state index is 12.1. The number of aliphatic imine (C=N–C) groups is 1. The average Bonchev–Trinajstić information content (AvgIpc) is 3.12. The highest BCUT2D eigenvalue weighted by Gasteiger charge is 2.30. The minimum absolute atomic E-state index is 0.118. The van der Waals surface area contributed by atoms with Gasteiger partial charge in [0.2, 0.25) is 0 Å². The maximum Gasteiger partial charge on any atom is 0.263 e. The SMILES string of the molecule is CC(CN=C1NS(=O)(=O)c2ccccc21)c1nc2ccccc2s1. The van der Waals surface area contributed by atoms with Gasteiger partial charge in [0, 0.05) is 11.5 Å². The summed E-state index contributed by atoms with van der Waals surface area (Å²) >= 11 is 1.65. The number of amidine groups is 1. The number of nitrogens with one attached hydrogen (secondary N) is 1. The van der Waals surface area contributed by atoms with E-state index in [4.69, 9.17) is 0 Å². The van der Waals surface area contributed by atoms with Crippen LogP contribution < -0.4 is 4.72 Å². The van der Waals surface area contributed by atoms with Crippen molar-refractivity contribution in [2.75, 3.05) is 6.54 Å². The van der Waals surface area contributed by atoms with Gasteiger partial charge in [0.15, 0.2) is 0 Å². The van der Waals surface area contributed by atoms with E-state index >= 15 is 0 Å². The van der Waals surface area contributed by atoms with Crippen molar-refractivity contribution in [2.24, 2.45) is 4.99 Å². The third kappa shape index (κ3) is 2.59. The molecule has 1 aliphatic rings. The van der Waals surface area contributed by atoms with Gasteiger partial charge in [-0.05, 0) is 24.3 Å². The molecule has 1 aliphatic heterocycles. The first-order valence-electron chi connectivity index (χ1n) is 7.57. The van der Waals surface area contributed by atoms with Gasteiger partial charge in [-0.1, -0.05) is 31.2 Å². The molecular formula is C17H15N3O2S2. The fraction of sp³-hybridized carbons (Fsp3) is 0.176. The molecule has 3 aromatic rings. The molecule has 1 aromatic heterocycles. The molecule has 1 N–H and O–H groups in total. The van der Waals surface area contributed by atoms with Gasteiger partial charge >= 0.3 is 0 Å². The summed E-state index contributed by atoms with van der Waals surface area (Å²) in [7, 11) is -3.48. The van der Waals surface area contributed by atoms with Gasteiger partial charge in [-0.2, -0.15) is 0 Å². The first kappa shape index (κ1) is 15.3. The van der Waals surface area contributed by atoms with E-state index in [2.05, 4.69) is 27.7 Å². The van der Waals surface area contributed by atoms with Gasteiger partial charge in [0.05, 0.1) is 26.7 Å². The van der Waals surface area contributed by atoms with Gasteiger partial charge in [-0.25, -0.2) is 13.4 Å². The fourth-order valence-electron chi connectivity index (χ4n) is 2.66. The topological polar surface area (TPSA) is 71.4 Å². The van der Waals surface area contributed by atoms with Crippen LogP contribution in [0.3, 0.4) is 0 Å². The second-order valence-corrected chi connectivity index (χ2v) is 8.42. The molecule has 7 heteroatoms. The highest BCUT2D eigenvalue weighted by atomic mass is 32.2. The average molecular weight is 357 g/mol. The van der Waals surface area contributed by atoms with Crippen LogP contribution in [0.5, 0.6) is 0 Å². The van der Waals surface area contributed by atoms with Crippen molar-refractivity contribution >= 4 is 37.4 Å². The Morgan fingerprint density at radius 1 is 1.17 bits per heavy atom. The lowest BCUT2D eigenvalue weighted by molar-refractivity contribution is 0.595. The summed E-state index contributed by atoms with van der Waals surface area (Å²) in [5.41, 5.74) is 1.62. The number of aromatic nitrogens is 1. The lowest BCUT2D eigenvalue weighted by Gasteiger charge is -2.05. The normalized spacial score (nSPS) is 18.5. The number of para-hydroxylation sites is 1. The molecular weight excluding hydrogens is 342 g/mol. The molecule has 0 amide bonds. The first-order valence-corrected chi connectivity index (χ1v) is 9.87. The Hall–Kier alpha value is -2.25. The Balaban J connectivity index is 1.61. The molecule has 0 aliphatic carbocycles. The zero-order chi connectivity index (χ0) is 16.7. The lowest BCUT2D eigenvalue weighted by Crippen LogP contribution is -2.22. The summed E-state index contributed by atoms with van der Waals surface area (Å²) in [5, 5.41) is 1.01. The standard InChI is InChI=1S/C17H15N3O2S2/c1-11(17-19-13-7-3-4-8-14(13)23-17)10-18-16-12-6-2-5-9-15(12)24(21,22)20-16/h2-9,11H,10H2,1H3,(H,18,20). The molecule has 0 saturated carbocycles. The third-order valence-electron chi connectivity index (χ3n) is 3.92. The third-order valence-corrected chi connectivity index (χ3v) is 6.58. The van der Waals surface area contributed by atoms with Crippen LogP contribution >= 0.6 is 11.3 Å². The Morgan fingerprint density at radius 2 is 1.92 bits per heavy atom. The van der Waals surface area contributed by atoms with Crippen molar-refractivity contribution in [3.05, 3.63) is 59.1 Å². The van der Waals surface area contributed by atoms with Crippen LogP contribution in [0.1, 0.15) is 23.4 Å². The molecule has 0 radical (unpaired) electrons. The summed E-state index contributed by atoms with van der Waals surface area (Å²) in [6.07, 6.45) is 0. The second-order valence-electron chi connectivity index (χ2n) is 5.71. The monoisotopic (exact) mass is 357 g/mol. The summed E-state index contributed by atoms with van der Waals surface area (Å²) in [6, 6.07) is 14.9. The lowest BCUT2D eigenvalue weighted by atomic mass is 10.2. The maximum absolute atomic E-state index is 12.1. The molecule has 0 fully saturated rings. The molecule has 0 spiro atoms. The van der Waals surface area contributed by atoms with Crippen LogP contribution in [0.15, 0.2) is 58.4 Å². The van der Waals surface area contributed by atoms with Gasteiger partial charge in [0.25, 0.3) is 10.0 Å². The predicted molar refractivity (Wildman–Crippen MR) is 96.2 cm³/mol. The van der Waals surface area contributed by atoms with Crippen LogP contribution in [-0.4, -0.2) is 25.8 Å². The minimum Gasteiger partial charge on any atom is -0.267 e. The number of hydrogen-bond donors (Lipinski definition) is 1. The molecule has 4 rings (SSSR count). The van der Waals surface area contributed by atoms with E-state index in [0.717, 1.165) is 15.2 Å². The number of sulfonamides is 1. The number of fused-ring (bicyclic) bond motifs is 2. The fourth-order valence-corrected chi connectivity index (χ4v) is 4.92. The van der Waals surface area contributed by atoms with E-state index < -0.39 is 10.0 Å². The van der Waals surface area contributed by atoms with Gasteiger partial charge in [0.1, 0.15) is 5.84 Å². The number of rotatable bonds is 3. The quantitative estimate of drug-likeness (QED) is 0.783. The number of benzene rings is 2. The summed E-state index contributed by atoms with van der Waals surface area (Å²) in [4.78, 5) is 9.43. The minimum atomic E-state index is -3.48. The highest BCUT2D eigenvalue weighted by Crippen LogP contribution is 2.28. The molecule has 1 atom stereocenters. The second kappa shape index (κ2) is 5.68. The zero-order valence-corrected chi connectivity index (χ0v) is 14.6. The Morgan fingerprint density at radius 3 is 2.75 bits per heavy atom. The molecule has 122 valence electrons. The highest BCUT2D eigenvalue weighted by molar-refractivity contribution is 7.90. The van der Waals surface area contributed by atoms with E-state index in [1.54, 1.807) is 29.5 Å². The number of hydrogen-bond acceptors (Lipinski definition) is 5. The van der Waals surface area contributed by atoms with Crippen molar-refractivity contribution in [1.82, 2.24) is 9.71 Å². The number of thiazole rings is 1. The molecule has 2 heterocycles. The van der Waals surface area contributed by atoms with E-state index in [1.807, 2.05) is 24.3 Å². The van der Waals surface area contributed by atoms with Crippen LogP contribution in [0.2, 0.25) is 0 Å². The van der Waals surface area contributed by atoms with E-state index in [9.17, 15) is 8.42 Å². The number of nitrogens with zero attached hydrogens (tertiary/aromatic N) is 2. The zero-order valence-electron chi connectivity index (χ0n) is 12.9. The van der Waals surface area contributed by atoms with Crippen molar-refractivity contribution in [3.8, 4) is 0 Å². The molecule has 0 bridgehead atoms. The van der Waals surface area contributed by atoms with Crippen molar-refractivity contribution in [2.45, 2.75) is 17.7 Å².